The van der Waals surface area contributed by atoms with Crippen molar-refractivity contribution in [1.29, 1.82) is 0 Å². The lowest BCUT2D eigenvalue weighted by molar-refractivity contribution is 0.317. The zero-order valence-corrected chi connectivity index (χ0v) is 15.7. The zero-order chi connectivity index (χ0) is 15.2. The van der Waals surface area contributed by atoms with E-state index < -0.39 is 0 Å². The first-order chi connectivity index (χ1) is 10.1. The molecule has 0 aromatic heterocycles. The maximum Gasteiger partial charge on any atom is 0.193 e. The molecule has 1 aromatic rings. The molecule has 22 heavy (non-hydrogen) atoms. The highest BCUT2D eigenvalue weighted by molar-refractivity contribution is 14.0. The fraction of sp³-hybridized carbons (Fsp3) is 0.533. The van der Waals surface area contributed by atoms with Crippen LogP contribution in [-0.4, -0.2) is 51.3 Å². The van der Waals surface area contributed by atoms with E-state index >= 15 is 0 Å². The molecule has 124 valence electrons. The van der Waals surface area contributed by atoms with E-state index in [2.05, 4.69) is 22.3 Å². The highest BCUT2D eigenvalue weighted by atomic mass is 127. The summed E-state index contributed by atoms with van der Waals surface area (Å²) in [6.07, 6.45) is 2.42. The van der Waals surface area contributed by atoms with Crippen molar-refractivity contribution in [2.75, 3.05) is 39.7 Å². The van der Waals surface area contributed by atoms with Gasteiger partial charge in [-0.15, -0.1) is 24.0 Å². The monoisotopic (exact) mass is 420 g/mol. The van der Waals surface area contributed by atoms with E-state index in [1.165, 1.54) is 12.8 Å². The third kappa shape index (κ3) is 4.91. The largest absolute Gasteiger partial charge is 0.493 e. The van der Waals surface area contributed by atoms with Crippen LogP contribution >= 0.6 is 24.0 Å². The highest BCUT2D eigenvalue weighted by Crippen LogP contribution is 2.29. The lowest BCUT2D eigenvalue weighted by atomic mass is 10.2. The van der Waals surface area contributed by atoms with Crippen molar-refractivity contribution in [3.63, 3.8) is 0 Å². The number of hydrogen-bond acceptors (Lipinski definition) is 4. The maximum atomic E-state index is 5.94. The van der Waals surface area contributed by atoms with Gasteiger partial charge in [-0.05, 0) is 38.6 Å². The number of rotatable bonds is 5. The van der Waals surface area contributed by atoms with Gasteiger partial charge in [-0.3, -0.25) is 4.99 Å². The van der Waals surface area contributed by atoms with Crippen LogP contribution in [-0.2, 0) is 0 Å². The SMILES string of the molecule is COc1ccc(NC(N)=NCC2CCCN2C)cc1OC.I. The van der Waals surface area contributed by atoms with Crippen molar-refractivity contribution in [3.05, 3.63) is 18.2 Å². The van der Waals surface area contributed by atoms with E-state index in [4.69, 9.17) is 15.2 Å². The fourth-order valence-electron chi connectivity index (χ4n) is 2.52. The van der Waals surface area contributed by atoms with Gasteiger partial charge in [0.05, 0.1) is 20.8 Å². The lowest BCUT2D eigenvalue weighted by Gasteiger charge is -2.17. The molecule has 0 spiro atoms. The Hall–Kier alpha value is -1.22. The molecule has 3 N–H and O–H groups in total. The van der Waals surface area contributed by atoms with Gasteiger partial charge in [0.2, 0.25) is 0 Å². The molecule has 1 atom stereocenters. The molecular weight excluding hydrogens is 395 g/mol. The van der Waals surface area contributed by atoms with E-state index in [1.54, 1.807) is 14.2 Å². The summed E-state index contributed by atoms with van der Waals surface area (Å²) in [6.45, 7) is 1.87. The van der Waals surface area contributed by atoms with Crippen LogP contribution in [0.3, 0.4) is 0 Å². The Kier molecular flexibility index (Phi) is 7.74. The third-order valence-electron chi connectivity index (χ3n) is 3.80. The number of methoxy groups -OCH3 is 2. The molecule has 0 amide bonds. The zero-order valence-electron chi connectivity index (χ0n) is 13.3. The minimum absolute atomic E-state index is 0. The van der Waals surface area contributed by atoms with Crippen LogP contribution in [0.15, 0.2) is 23.2 Å². The Balaban J connectivity index is 0.00000242. The molecule has 1 aliphatic heterocycles. The van der Waals surface area contributed by atoms with Gasteiger partial charge in [-0.2, -0.15) is 0 Å². The number of hydrogen-bond donors (Lipinski definition) is 2. The van der Waals surface area contributed by atoms with Gasteiger partial charge in [0.1, 0.15) is 0 Å². The summed E-state index contributed by atoms with van der Waals surface area (Å²) < 4.78 is 10.5. The van der Waals surface area contributed by atoms with Gasteiger partial charge in [-0.1, -0.05) is 0 Å². The molecule has 7 heteroatoms. The maximum absolute atomic E-state index is 5.94. The number of nitrogens with one attached hydrogen (secondary N) is 1. The molecule has 6 nitrogen and oxygen atoms in total. The first kappa shape index (κ1) is 18.8. The average Bonchev–Trinajstić information content (AvgIpc) is 2.90. The molecule has 0 aliphatic carbocycles. The number of halogens is 1. The number of likely N-dealkylation sites (tertiary alicyclic amines) is 1. The summed E-state index contributed by atoms with van der Waals surface area (Å²) in [6, 6.07) is 6.05. The molecule has 1 saturated heterocycles. The van der Waals surface area contributed by atoms with Crippen LogP contribution < -0.4 is 20.5 Å². The predicted octanol–water partition coefficient (Wildman–Crippen LogP) is 2.14. The molecule has 0 bridgehead atoms. The minimum atomic E-state index is 0. The van der Waals surface area contributed by atoms with Gasteiger partial charge in [0.15, 0.2) is 17.5 Å². The summed E-state index contributed by atoms with van der Waals surface area (Å²) >= 11 is 0. The first-order valence-electron chi connectivity index (χ1n) is 7.13. The first-order valence-corrected chi connectivity index (χ1v) is 7.13. The summed E-state index contributed by atoms with van der Waals surface area (Å²) in [5.41, 5.74) is 6.77. The van der Waals surface area contributed by atoms with E-state index in [0.717, 1.165) is 18.8 Å². The molecular formula is C15H25IN4O2. The molecule has 2 rings (SSSR count). The fourth-order valence-corrected chi connectivity index (χ4v) is 2.52. The van der Waals surface area contributed by atoms with Gasteiger partial charge in [0.25, 0.3) is 0 Å². The van der Waals surface area contributed by atoms with Crippen molar-refractivity contribution < 1.29 is 9.47 Å². The molecule has 1 fully saturated rings. The summed E-state index contributed by atoms with van der Waals surface area (Å²) in [4.78, 5) is 6.75. The second kappa shape index (κ2) is 9.04. The van der Waals surface area contributed by atoms with Crippen LogP contribution in [0, 0.1) is 0 Å². The van der Waals surface area contributed by atoms with Gasteiger partial charge < -0.3 is 25.4 Å². The second-order valence-corrected chi connectivity index (χ2v) is 5.20. The summed E-state index contributed by atoms with van der Waals surface area (Å²) in [5, 5.41) is 3.08. The number of aliphatic imine (C=N–C) groups is 1. The summed E-state index contributed by atoms with van der Waals surface area (Å²) in [5.74, 6) is 1.76. The van der Waals surface area contributed by atoms with E-state index in [0.29, 0.717) is 23.5 Å². The smallest absolute Gasteiger partial charge is 0.193 e. The molecule has 0 saturated carbocycles. The third-order valence-corrected chi connectivity index (χ3v) is 3.80. The molecule has 0 radical (unpaired) electrons. The standard InChI is InChI=1S/C15H24N4O2.HI/c1-19-8-4-5-12(19)10-17-15(16)18-11-6-7-13(20-2)14(9-11)21-3;/h6-7,9,12H,4-5,8,10H2,1-3H3,(H3,16,17,18);1H. The molecule has 1 unspecified atom stereocenters. The van der Waals surface area contributed by atoms with E-state index in [9.17, 15) is 0 Å². The minimum Gasteiger partial charge on any atom is -0.493 e. The topological polar surface area (TPSA) is 72.1 Å². The van der Waals surface area contributed by atoms with Crippen molar-refractivity contribution in [2.45, 2.75) is 18.9 Å². The average molecular weight is 420 g/mol. The highest BCUT2D eigenvalue weighted by Gasteiger charge is 2.20. The second-order valence-electron chi connectivity index (χ2n) is 5.20. The van der Waals surface area contributed by atoms with Crippen molar-refractivity contribution in [1.82, 2.24) is 4.90 Å². The van der Waals surface area contributed by atoms with Crippen LogP contribution in [0.4, 0.5) is 5.69 Å². The Morgan fingerprint density at radius 2 is 2.09 bits per heavy atom. The summed E-state index contributed by atoms with van der Waals surface area (Å²) in [7, 11) is 5.35. The Morgan fingerprint density at radius 1 is 1.36 bits per heavy atom. The number of guanidine groups is 1. The van der Waals surface area contributed by atoms with Crippen molar-refractivity contribution in [3.8, 4) is 11.5 Å². The van der Waals surface area contributed by atoms with Crippen molar-refractivity contribution in [2.24, 2.45) is 10.7 Å². The quantitative estimate of drug-likeness (QED) is 0.434. The van der Waals surface area contributed by atoms with E-state index in [-0.39, 0.29) is 24.0 Å². The number of ether oxygens (including phenoxy) is 2. The van der Waals surface area contributed by atoms with Crippen LogP contribution in [0.1, 0.15) is 12.8 Å². The number of anilines is 1. The Bertz CT molecular complexity index is 510. The molecule has 1 aliphatic rings. The van der Waals surface area contributed by atoms with Crippen LogP contribution in [0.2, 0.25) is 0 Å². The van der Waals surface area contributed by atoms with E-state index in [1.807, 2.05) is 18.2 Å². The molecule has 1 heterocycles. The van der Waals surface area contributed by atoms with Crippen LogP contribution in [0.5, 0.6) is 11.5 Å². The molecule has 1 aromatic carbocycles. The van der Waals surface area contributed by atoms with Crippen molar-refractivity contribution >= 4 is 35.6 Å². The van der Waals surface area contributed by atoms with Gasteiger partial charge in [-0.25, -0.2) is 0 Å². The Morgan fingerprint density at radius 3 is 2.68 bits per heavy atom. The number of likely N-dealkylation sites (N-methyl/N-ethyl adjacent to an activating group) is 1. The number of benzene rings is 1. The normalized spacial score (nSPS) is 18.7. The lowest BCUT2D eigenvalue weighted by Crippen LogP contribution is -2.30. The number of nitrogens with two attached hydrogens (primary N) is 1. The van der Waals surface area contributed by atoms with Gasteiger partial charge >= 0.3 is 0 Å². The number of nitrogens with zero attached hydrogens (tertiary/aromatic N) is 2. The van der Waals surface area contributed by atoms with Gasteiger partial charge in [0, 0.05) is 17.8 Å². The Labute approximate surface area is 149 Å². The predicted molar refractivity (Wildman–Crippen MR) is 101 cm³/mol. The van der Waals surface area contributed by atoms with Crippen LogP contribution in [0.25, 0.3) is 0 Å².